The van der Waals surface area contributed by atoms with E-state index in [1.165, 1.54) is 16.7 Å². The fraction of sp³-hybridized carbons (Fsp3) is 0.160. The normalized spacial score (nSPS) is 12.0. The summed E-state index contributed by atoms with van der Waals surface area (Å²) in [5, 5.41) is 3.23. The molecule has 3 aromatic carbocycles. The number of amides is 1. The molecule has 1 amide bonds. The van der Waals surface area contributed by atoms with Crippen molar-refractivity contribution in [3.8, 4) is 5.69 Å². The van der Waals surface area contributed by atoms with E-state index in [1.807, 2.05) is 0 Å². The molecule has 0 spiro atoms. The third-order valence-electron chi connectivity index (χ3n) is 5.30. The van der Waals surface area contributed by atoms with Crippen molar-refractivity contribution < 1.29 is 18.0 Å². The van der Waals surface area contributed by atoms with Crippen LogP contribution in [0.4, 0.5) is 13.2 Å². The molecule has 4 rings (SSSR count). The maximum absolute atomic E-state index is 14.3. The lowest BCUT2D eigenvalue weighted by atomic mass is 10.1. The third kappa shape index (κ3) is 4.84. The number of carbonyl (C=O) groups is 1. The van der Waals surface area contributed by atoms with Gasteiger partial charge in [0.05, 0.1) is 28.4 Å². The summed E-state index contributed by atoms with van der Waals surface area (Å²) in [6.07, 6.45) is 0. The molecule has 0 saturated carbocycles. The van der Waals surface area contributed by atoms with Gasteiger partial charge in [-0.3, -0.25) is 14.2 Å². The van der Waals surface area contributed by atoms with Crippen molar-refractivity contribution in [1.29, 1.82) is 0 Å². The minimum atomic E-state index is -0.758. The van der Waals surface area contributed by atoms with E-state index in [-0.39, 0.29) is 22.2 Å². The number of fused-ring (bicyclic) bond motifs is 1. The minimum absolute atomic E-state index is 0.133. The van der Waals surface area contributed by atoms with Gasteiger partial charge < -0.3 is 5.32 Å². The molecule has 1 unspecified atom stereocenters. The van der Waals surface area contributed by atoms with Crippen LogP contribution in [-0.4, -0.2) is 21.2 Å². The summed E-state index contributed by atoms with van der Waals surface area (Å²) < 4.78 is 42.7. The van der Waals surface area contributed by atoms with Gasteiger partial charge in [-0.25, -0.2) is 18.2 Å². The van der Waals surface area contributed by atoms with E-state index in [0.29, 0.717) is 16.5 Å². The Morgan fingerprint density at radius 2 is 1.82 bits per heavy atom. The van der Waals surface area contributed by atoms with E-state index in [0.717, 1.165) is 23.9 Å². The SMILES string of the molecule is Cc1ccc(-n2c(SCC(=O)NC(C)c3ccc(F)cc3F)nc3ccccc3c2=O)cc1F. The van der Waals surface area contributed by atoms with Crippen LogP contribution in [0.2, 0.25) is 0 Å². The molecule has 0 aliphatic carbocycles. The van der Waals surface area contributed by atoms with Gasteiger partial charge in [0.2, 0.25) is 5.91 Å². The number of thioether (sulfide) groups is 1. The van der Waals surface area contributed by atoms with Crippen LogP contribution in [0.1, 0.15) is 24.1 Å². The lowest BCUT2D eigenvalue weighted by Gasteiger charge is -2.16. The van der Waals surface area contributed by atoms with Gasteiger partial charge in [-0.1, -0.05) is 36.0 Å². The van der Waals surface area contributed by atoms with Crippen LogP contribution in [0.25, 0.3) is 16.6 Å². The summed E-state index contributed by atoms with van der Waals surface area (Å²) in [7, 11) is 0. The Hall–Kier alpha value is -3.59. The highest BCUT2D eigenvalue weighted by Crippen LogP contribution is 2.23. The summed E-state index contributed by atoms with van der Waals surface area (Å²) in [5.74, 6) is -2.51. The van der Waals surface area contributed by atoms with Crippen LogP contribution in [0.5, 0.6) is 0 Å². The highest BCUT2D eigenvalue weighted by atomic mass is 32.2. The second-order valence-electron chi connectivity index (χ2n) is 7.73. The average Bonchev–Trinajstić information content (AvgIpc) is 2.79. The van der Waals surface area contributed by atoms with Gasteiger partial charge >= 0.3 is 0 Å². The maximum Gasteiger partial charge on any atom is 0.266 e. The number of nitrogens with zero attached hydrogens (tertiary/aromatic N) is 2. The minimum Gasteiger partial charge on any atom is -0.349 e. The van der Waals surface area contributed by atoms with E-state index in [1.54, 1.807) is 50.2 Å². The second-order valence-corrected chi connectivity index (χ2v) is 8.67. The second kappa shape index (κ2) is 9.72. The predicted molar refractivity (Wildman–Crippen MR) is 126 cm³/mol. The Kier molecular flexibility index (Phi) is 6.74. The van der Waals surface area contributed by atoms with Gasteiger partial charge in [0.1, 0.15) is 17.5 Å². The van der Waals surface area contributed by atoms with Crippen molar-refractivity contribution in [3.63, 3.8) is 0 Å². The van der Waals surface area contributed by atoms with Gasteiger partial charge in [-0.2, -0.15) is 0 Å². The summed E-state index contributed by atoms with van der Waals surface area (Å²) >= 11 is 0.996. The molecule has 0 aliphatic heterocycles. The number of aromatic nitrogens is 2. The van der Waals surface area contributed by atoms with Gasteiger partial charge in [0.25, 0.3) is 5.56 Å². The van der Waals surface area contributed by atoms with Crippen LogP contribution >= 0.6 is 11.8 Å². The smallest absolute Gasteiger partial charge is 0.266 e. The molecule has 0 fully saturated rings. The quantitative estimate of drug-likeness (QED) is 0.307. The van der Waals surface area contributed by atoms with Crippen LogP contribution in [0.3, 0.4) is 0 Å². The number of hydrogen-bond donors (Lipinski definition) is 1. The van der Waals surface area contributed by atoms with Crippen molar-refractivity contribution in [3.05, 3.63) is 99.6 Å². The van der Waals surface area contributed by atoms with Crippen LogP contribution in [-0.2, 0) is 4.79 Å². The number of nitrogens with one attached hydrogen (secondary N) is 1. The first-order valence-corrected chi connectivity index (χ1v) is 11.4. The Morgan fingerprint density at radius 1 is 1.06 bits per heavy atom. The number of halogens is 3. The molecule has 0 aliphatic rings. The maximum atomic E-state index is 14.3. The number of para-hydroxylation sites is 1. The topological polar surface area (TPSA) is 64.0 Å². The van der Waals surface area contributed by atoms with Crippen molar-refractivity contribution in [2.24, 2.45) is 0 Å². The molecule has 9 heteroatoms. The molecule has 34 heavy (non-hydrogen) atoms. The molecule has 1 N–H and O–H groups in total. The first-order valence-electron chi connectivity index (χ1n) is 10.4. The molecule has 1 aromatic heterocycles. The molecule has 0 saturated heterocycles. The van der Waals surface area contributed by atoms with E-state index in [4.69, 9.17) is 0 Å². The largest absolute Gasteiger partial charge is 0.349 e. The first kappa shape index (κ1) is 23.6. The highest BCUT2D eigenvalue weighted by Gasteiger charge is 2.18. The van der Waals surface area contributed by atoms with E-state index in [9.17, 15) is 22.8 Å². The number of carbonyl (C=O) groups excluding carboxylic acids is 1. The van der Waals surface area contributed by atoms with Gasteiger partial charge in [-0.15, -0.1) is 0 Å². The summed E-state index contributed by atoms with van der Waals surface area (Å²) in [6, 6.07) is 13.6. The van der Waals surface area contributed by atoms with Gasteiger partial charge in [0.15, 0.2) is 5.16 Å². The number of rotatable bonds is 6. The number of benzene rings is 3. The zero-order valence-corrected chi connectivity index (χ0v) is 19.1. The fourth-order valence-corrected chi connectivity index (χ4v) is 4.33. The highest BCUT2D eigenvalue weighted by molar-refractivity contribution is 7.99. The zero-order chi connectivity index (χ0) is 24.4. The molecule has 1 atom stereocenters. The standard InChI is InChI=1S/C25H20F3N3O2S/c1-14-7-9-17(12-20(14)27)31-24(33)19-5-3-4-6-22(19)30-25(31)34-13-23(32)29-15(2)18-10-8-16(26)11-21(18)28/h3-12,15H,13H2,1-2H3,(H,29,32). The van der Waals surface area contributed by atoms with E-state index in [2.05, 4.69) is 10.3 Å². The molecule has 4 aromatic rings. The first-order chi connectivity index (χ1) is 16.2. The van der Waals surface area contributed by atoms with Crippen LogP contribution < -0.4 is 10.9 Å². The van der Waals surface area contributed by atoms with Gasteiger partial charge in [-0.05, 0) is 49.7 Å². The monoisotopic (exact) mass is 483 g/mol. The van der Waals surface area contributed by atoms with Crippen LogP contribution in [0.15, 0.2) is 70.6 Å². The number of hydrogen-bond acceptors (Lipinski definition) is 4. The molecule has 0 bridgehead atoms. The molecule has 5 nitrogen and oxygen atoms in total. The van der Waals surface area contributed by atoms with Crippen molar-refractivity contribution in [2.75, 3.05) is 5.75 Å². The zero-order valence-electron chi connectivity index (χ0n) is 18.3. The Morgan fingerprint density at radius 3 is 2.56 bits per heavy atom. The Labute approximate surface area is 197 Å². The predicted octanol–water partition coefficient (Wildman–Crippen LogP) is 5.08. The molecular formula is C25H20F3N3O2S. The molecule has 174 valence electrons. The van der Waals surface area contributed by atoms with Gasteiger partial charge in [0, 0.05) is 11.6 Å². The van der Waals surface area contributed by atoms with Crippen molar-refractivity contribution >= 4 is 28.6 Å². The Bertz CT molecular complexity index is 1460. The fourth-order valence-electron chi connectivity index (χ4n) is 3.50. The molecule has 0 radical (unpaired) electrons. The summed E-state index contributed by atoms with van der Waals surface area (Å²) in [5.41, 5.74) is 0.923. The van der Waals surface area contributed by atoms with Crippen molar-refractivity contribution in [2.45, 2.75) is 25.0 Å². The van der Waals surface area contributed by atoms with Crippen molar-refractivity contribution in [1.82, 2.24) is 14.9 Å². The Balaban J connectivity index is 1.62. The summed E-state index contributed by atoms with van der Waals surface area (Å²) in [4.78, 5) is 30.3. The van der Waals surface area contributed by atoms with Crippen LogP contribution in [0, 0.1) is 24.4 Å². The lowest BCUT2D eigenvalue weighted by molar-refractivity contribution is -0.119. The third-order valence-corrected chi connectivity index (χ3v) is 6.24. The number of aryl methyl sites for hydroxylation is 1. The average molecular weight is 484 g/mol. The molecular weight excluding hydrogens is 463 g/mol. The lowest BCUT2D eigenvalue weighted by Crippen LogP contribution is -2.29. The summed E-state index contributed by atoms with van der Waals surface area (Å²) in [6.45, 7) is 3.20. The van der Waals surface area contributed by atoms with E-state index < -0.39 is 35.0 Å². The van der Waals surface area contributed by atoms with E-state index >= 15 is 0 Å². The molecule has 1 heterocycles.